The van der Waals surface area contributed by atoms with Crippen LogP contribution < -0.4 is 0 Å². The second-order valence-electron chi connectivity index (χ2n) is 3.22. The van der Waals surface area contributed by atoms with E-state index in [1.807, 2.05) is 0 Å². The van der Waals surface area contributed by atoms with Gasteiger partial charge in [0.05, 0.1) is 6.61 Å². The maximum Gasteiger partial charge on any atom is 0.373 e. The standard InChI is InChI=1S/C12H20O3/c1-4-6-7-8-10-14-11(3)12(13)15-9-5-2/h5H,2-4,6-10H2,1H3. The van der Waals surface area contributed by atoms with E-state index in [-0.39, 0.29) is 12.4 Å². The average Bonchev–Trinajstić information content (AvgIpc) is 2.25. The molecule has 0 fully saturated rings. The highest BCUT2D eigenvalue weighted by Gasteiger charge is 2.08. The van der Waals surface area contributed by atoms with E-state index in [1.165, 1.54) is 18.9 Å². The van der Waals surface area contributed by atoms with Gasteiger partial charge in [0.25, 0.3) is 0 Å². The summed E-state index contributed by atoms with van der Waals surface area (Å²) in [5.74, 6) is -0.432. The van der Waals surface area contributed by atoms with Gasteiger partial charge in [-0.3, -0.25) is 0 Å². The smallest absolute Gasteiger partial charge is 0.373 e. The van der Waals surface area contributed by atoms with Gasteiger partial charge in [0, 0.05) is 0 Å². The highest BCUT2D eigenvalue weighted by Crippen LogP contribution is 2.03. The van der Waals surface area contributed by atoms with Crippen molar-refractivity contribution in [2.24, 2.45) is 0 Å². The van der Waals surface area contributed by atoms with E-state index < -0.39 is 5.97 Å². The number of rotatable bonds is 9. The lowest BCUT2D eigenvalue weighted by Crippen LogP contribution is -2.10. The van der Waals surface area contributed by atoms with E-state index in [4.69, 9.17) is 9.47 Å². The second kappa shape index (κ2) is 9.31. The zero-order valence-corrected chi connectivity index (χ0v) is 9.46. The van der Waals surface area contributed by atoms with Crippen molar-refractivity contribution in [1.29, 1.82) is 0 Å². The molecule has 0 amide bonds. The van der Waals surface area contributed by atoms with Gasteiger partial charge >= 0.3 is 5.97 Å². The van der Waals surface area contributed by atoms with Crippen molar-refractivity contribution < 1.29 is 14.3 Å². The molecule has 0 aromatic heterocycles. The monoisotopic (exact) mass is 212 g/mol. The van der Waals surface area contributed by atoms with E-state index in [9.17, 15) is 4.79 Å². The molecule has 0 radical (unpaired) electrons. The predicted molar refractivity (Wildman–Crippen MR) is 60.4 cm³/mol. The van der Waals surface area contributed by atoms with E-state index in [2.05, 4.69) is 20.1 Å². The molecule has 0 heterocycles. The van der Waals surface area contributed by atoms with E-state index in [0.717, 1.165) is 12.8 Å². The molecule has 15 heavy (non-hydrogen) atoms. The summed E-state index contributed by atoms with van der Waals surface area (Å²) in [7, 11) is 0. The van der Waals surface area contributed by atoms with Crippen molar-refractivity contribution in [3.05, 3.63) is 25.0 Å². The van der Waals surface area contributed by atoms with Crippen molar-refractivity contribution in [2.45, 2.75) is 32.6 Å². The first kappa shape index (κ1) is 13.8. The Kier molecular flexibility index (Phi) is 8.53. The summed E-state index contributed by atoms with van der Waals surface area (Å²) in [6, 6.07) is 0. The summed E-state index contributed by atoms with van der Waals surface area (Å²) in [6.45, 7) is 9.80. The molecule has 86 valence electrons. The Morgan fingerprint density at radius 3 is 2.60 bits per heavy atom. The molecule has 3 heteroatoms. The van der Waals surface area contributed by atoms with Crippen molar-refractivity contribution >= 4 is 5.97 Å². The van der Waals surface area contributed by atoms with Gasteiger partial charge in [-0.15, -0.1) is 0 Å². The zero-order valence-electron chi connectivity index (χ0n) is 9.46. The van der Waals surface area contributed by atoms with Crippen LogP contribution in [0.25, 0.3) is 0 Å². The molecule has 0 aromatic carbocycles. The number of hydrogen-bond donors (Lipinski definition) is 0. The number of carbonyl (C=O) groups is 1. The lowest BCUT2D eigenvalue weighted by molar-refractivity contribution is -0.141. The Morgan fingerprint density at radius 2 is 2.00 bits per heavy atom. The van der Waals surface area contributed by atoms with Gasteiger partial charge < -0.3 is 9.47 Å². The average molecular weight is 212 g/mol. The van der Waals surface area contributed by atoms with E-state index >= 15 is 0 Å². The zero-order chi connectivity index (χ0) is 11.5. The fourth-order valence-electron chi connectivity index (χ4n) is 0.998. The summed E-state index contributed by atoms with van der Waals surface area (Å²) in [4.78, 5) is 11.1. The molecule has 0 aliphatic rings. The van der Waals surface area contributed by atoms with Crippen LogP contribution in [0.2, 0.25) is 0 Å². The van der Waals surface area contributed by atoms with Gasteiger partial charge in [0.15, 0.2) is 5.76 Å². The highest BCUT2D eigenvalue weighted by atomic mass is 16.6. The summed E-state index contributed by atoms with van der Waals surface area (Å²) in [5.41, 5.74) is 0. The minimum atomic E-state index is -0.509. The van der Waals surface area contributed by atoms with Crippen LogP contribution in [0.4, 0.5) is 0 Å². The lowest BCUT2D eigenvalue weighted by Gasteiger charge is -2.07. The molecule has 0 saturated carbocycles. The summed E-state index contributed by atoms with van der Waals surface area (Å²) >= 11 is 0. The van der Waals surface area contributed by atoms with Gasteiger partial charge in [-0.05, 0) is 13.0 Å². The summed E-state index contributed by atoms with van der Waals surface area (Å²) in [6.07, 6.45) is 5.94. The number of unbranched alkanes of at least 4 members (excludes halogenated alkanes) is 3. The molecule has 0 N–H and O–H groups in total. The van der Waals surface area contributed by atoms with Crippen LogP contribution in [0.3, 0.4) is 0 Å². The highest BCUT2D eigenvalue weighted by molar-refractivity contribution is 5.85. The second-order valence-corrected chi connectivity index (χ2v) is 3.22. The van der Waals surface area contributed by atoms with Gasteiger partial charge in [0.2, 0.25) is 0 Å². The molecule has 0 spiro atoms. The third-order valence-corrected chi connectivity index (χ3v) is 1.83. The maximum atomic E-state index is 11.1. The van der Waals surface area contributed by atoms with Crippen molar-refractivity contribution in [2.75, 3.05) is 13.2 Å². The van der Waals surface area contributed by atoms with Crippen LogP contribution in [0, 0.1) is 0 Å². The third-order valence-electron chi connectivity index (χ3n) is 1.83. The van der Waals surface area contributed by atoms with Crippen molar-refractivity contribution in [3.8, 4) is 0 Å². The molecule has 0 saturated heterocycles. The Hall–Kier alpha value is -1.25. The number of carbonyl (C=O) groups excluding carboxylic acids is 1. The normalized spacial score (nSPS) is 9.40. The Balaban J connectivity index is 3.47. The lowest BCUT2D eigenvalue weighted by atomic mass is 10.2. The van der Waals surface area contributed by atoms with Crippen LogP contribution in [0.1, 0.15) is 32.6 Å². The van der Waals surface area contributed by atoms with Crippen LogP contribution in [-0.4, -0.2) is 19.2 Å². The predicted octanol–water partition coefficient (Wildman–Crippen LogP) is 2.83. The largest absolute Gasteiger partial charge is 0.487 e. The van der Waals surface area contributed by atoms with Gasteiger partial charge in [0.1, 0.15) is 6.61 Å². The number of esters is 1. The molecule has 0 atom stereocenters. The van der Waals surface area contributed by atoms with Crippen molar-refractivity contribution in [1.82, 2.24) is 0 Å². The van der Waals surface area contributed by atoms with E-state index in [1.54, 1.807) is 0 Å². The first-order valence-electron chi connectivity index (χ1n) is 5.32. The Morgan fingerprint density at radius 1 is 1.27 bits per heavy atom. The molecule has 0 aliphatic carbocycles. The van der Waals surface area contributed by atoms with Crippen LogP contribution in [-0.2, 0) is 14.3 Å². The first-order valence-corrected chi connectivity index (χ1v) is 5.32. The number of ether oxygens (including phenoxy) is 2. The molecule has 0 bridgehead atoms. The Bertz CT molecular complexity index is 209. The third kappa shape index (κ3) is 7.79. The van der Waals surface area contributed by atoms with Gasteiger partial charge in [-0.1, -0.05) is 38.8 Å². The van der Waals surface area contributed by atoms with Crippen LogP contribution in [0.15, 0.2) is 25.0 Å². The molecule has 0 aliphatic heterocycles. The van der Waals surface area contributed by atoms with E-state index in [0.29, 0.717) is 6.61 Å². The van der Waals surface area contributed by atoms with Gasteiger partial charge in [-0.2, -0.15) is 0 Å². The molecule has 0 aromatic rings. The summed E-state index contributed by atoms with van der Waals surface area (Å²) < 4.78 is 9.89. The molecular weight excluding hydrogens is 192 g/mol. The van der Waals surface area contributed by atoms with Crippen LogP contribution >= 0.6 is 0 Å². The topological polar surface area (TPSA) is 35.5 Å². The number of hydrogen-bond acceptors (Lipinski definition) is 3. The minimum Gasteiger partial charge on any atom is -0.487 e. The van der Waals surface area contributed by atoms with Crippen molar-refractivity contribution in [3.63, 3.8) is 0 Å². The Labute approximate surface area is 91.8 Å². The molecular formula is C12H20O3. The fourth-order valence-corrected chi connectivity index (χ4v) is 0.998. The SMILES string of the molecule is C=CCOC(=O)C(=C)OCCCCCC. The maximum absolute atomic E-state index is 11.1. The minimum absolute atomic E-state index is 0.0772. The first-order chi connectivity index (χ1) is 7.22. The van der Waals surface area contributed by atoms with Crippen LogP contribution in [0.5, 0.6) is 0 Å². The molecule has 0 unspecified atom stereocenters. The van der Waals surface area contributed by atoms with Gasteiger partial charge in [-0.25, -0.2) is 4.79 Å². The molecule has 3 nitrogen and oxygen atoms in total. The molecule has 0 rings (SSSR count). The fraction of sp³-hybridized carbons (Fsp3) is 0.583. The summed E-state index contributed by atoms with van der Waals surface area (Å²) in [5, 5.41) is 0. The quantitative estimate of drug-likeness (QED) is 0.194.